The second kappa shape index (κ2) is 64.4. The maximum Gasteiger partial charge on any atom is 0.305 e. The van der Waals surface area contributed by atoms with Crippen LogP contribution in [0, 0.1) is 0 Å². The van der Waals surface area contributed by atoms with Crippen LogP contribution >= 0.6 is 0 Å². The standard InChI is InChI=1S/C68H135NO5/c1-3-5-7-9-11-13-15-17-19-32-36-40-44-48-52-56-60-66(71)65(64-70)69-67(72)61-57-53-49-45-41-37-33-30-28-26-24-22-21-23-25-27-29-31-35-39-43-47-51-55-59-63-74-68(73)62-58-54-50-46-42-38-34-20-18-16-14-12-10-8-6-4-2/h65-66,70-71H,3-64H2,1-2H3,(H,69,72). The van der Waals surface area contributed by atoms with Crippen LogP contribution in [-0.4, -0.2) is 47.4 Å². The lowest BCUT2D eigenvalue weighted by molar-refractivity contribution is -0.143. The van der Waals surface area contributed by atoms with Gasteiger partial charge in [0.1, 0.15) is 0 Å². The Hall–Kier alpha value is -1.14. The molecule has 6 nitrogen and oxygen atoms in total. The van der Waals surface area contributed by atoms with E-state index in [0.29, 0.717) is 25.9 Å². The minimum atomic E-state index is -0.662. The summed E-state index contributed by atoms with van der Waals surface area (Å²) < 4.78 is 5.50. The van der Waals surface area contributed by atoms with Crippen molar-refractivity contribution in [3.05, 3.63) is 0 Å². The average molecular weight is 1050 g/mol. The fourth-order valence-electron chi connectivity index (χ4n) is 11.2. The van der Waals surface area contributed by atoms with Gasteiger partial charge in [-0.15, -0.1) is 0 Å². The molecule has 2 atom stereocenters. The van der Waals surface area contributed by atoms with Gasteiger partial charge in [-0.1, -0.05) is 361 Å². The molecule has 0 bridgehead atoms. The van der Waals surface area contributed by atoms with Crippen molar-refractivity contribution in [2.75, 3.05) is 13.2 Å². The predicted molar refractivity (Wildman–Crippen MR) is 324 cm³/mol. The Kier molecular flexibility index (Phi) is 63.4. The zero-order chi connectivity index (χ0) is 53.6. The number of hydrogen-bond acceptors (Lipinski definition) is 5. The first kappa shape index (κ1) is 72.9. The van der Waals surface area contributed by atoms with E-state index in [4.69, 9.17) is 4.74 Å². The van der Waals surface area contributed by atoms with Gasteiger partial charge in [0.05, 0.1) is 25.4 Å². The molecule has 0 aromatic heterocycles. The molecule has 3 N–H and O–H groups in total. The maximum absolute atomic E-state index is 12.5. The first-order chi connectivity index (χ1) is 36.5. The Bertz CT molecular complexity index is 1070. The summed E-state index contributed by atoms with van der Waals surface area (Å²) in [5.41, 5.74) is 0. The Labute approximate surface area is 464 Å². The molecule has 2 unspecified atom stereocenters. The number of nitrogens with one attached hydrogen (secondary N) is 1. The molecule has 0 heterocycles. The number of esters is 1. The molecule has 0 radical (unpaired) electrons. The van der Waals surface area contributed by atoms with Gasteiger partial charge in [0, 0.05) is 12.8 Å². The molecule has 442 valence electrons. The molecule has 0 spiro atoms. The van der Waals surface area contributed by atoms with Crippen molar-refractivity contribution in [2.24, 2.45) is 0 Å². The normalized spacial score (nSPS) is 12.4. The van der Waals surface area contributed by atoms with Crippen molar-refractivity contribution in [1.82, 2.24) is 5.32 Å². The lowest BCUT2D eigenvalue weighted by Gasteiger charge is -2.22. The van der Waals surface area contributed by atoms with Crippen LogP contribution < -0.4 is 5.32 Å². The summed E-state index contributed by atoms with van der Waals surface area (Å²) in [5, 5.41) is 23.3. The van der Waals surface area contributed by atoms with Gasteiger partial charge >= 0.3 is 5.97 Å². The van der Waals surface area contributed by atoms with E-state index in [-0.39, 0.29) is 18.5 Å². The van der Waals surface area contributed by atoms with E-state index in [1.807, 2.05) is 0 Å². The summed E-state index contributed by atoms with van der Waals surface area (Å²) >= 11 is 0. The van der Waals surface area contributed by atoms with E-state index >= 15 is 0 Å². The highest BCUT2D eigenvalue weighted by Gasteiger charge is 2.20. The zero-order valence-electron chi connectivity index (χ0n) is 50.6. The molecule has 0 fully saturated rings. The van der Waals surface area contributed by atoms with Gasteiger partial charge in [0.2, 0.25) is 5.91 Å². The van der Waals surface area contributed by atoms with Crippen molar-refractivity contribution >= 4 is 11.9 Å². The smallest absolute Gasteiger partial charge is 0.305 e. The third-order valence-corrected chi connectivity index (χ3v) is 16.4. The van der Waals surface area contributed by atoms with Gasteiger partial charge in [-0.3, -0.25) is 9.59 Å². The van der Waals surface area contributed by atoms with Crippen molar-refractivity contribution in [3.63, 3.8) is 0 Å². The molecule has 0 aliphatic carbocycles. The summed E-state index contributed by atoms with van der Waals surface area (Å²) in [5.74, 6) is -0.00806. The van der Waals surface area contributed by atoms with Gasteiger partial charge in [-0.05, 0) is 25.7 Å². The Morgan fingerprint density at radius 2 is 0.554 bits per heavy atom. The van der Waals surface area contributed by atoms with Gasteiger partial charge in [0.15, 0.2) is 0 Å². The highest BCUT2D eigenvalue weighted by atomic mass is 16.5. The van der Waals surface area contributed by atoms with Crippen LogP contribution in [-0.2, 0) is 14.3 Å². The van der Waals surface area contributed by atoms with E-state index in [9.17, 15) is 19.8 Å². The molecule has 0 rings (SSSR count). The Morgan fingerprint density at radius 3 is 0.824 bits per heavy atom. The van der Waals surface area contributed by atoms with Crippen LogP contribution in [0.25, 0.3) is 0 Å². The minimum Gasteiger partial charge on any atom is -0.466 e. The summed E-state index contributed by atoms with van der Waals surface area (Å²) in [4.78, 5) is 24.6. The van der Waals surface area contributed by atoms with Crippen molar-refractivity contribution < 1.29 is 24.5 Å². The van der Waals surface area contributed by atoms with Gasteiger partial charge < -0.3 is 20.3 Å². The molecule has 0 aromatic carbocycles. The van der Waals surface area contributed by atoms with Crippen LogP contribution in [0.15, 0.2) is 0 Å². The maximum atomic E-state index is 12.5. The van der Waals surface area contributed by atoms with E-state index in [0.717, 1.165) is 38.5 Å². The van der Waals surface area contributed by atoms with E-state index in [1.165, 1.54) is 327 Å². The number of carbonyl (C=O) groups excluding carboxylic acids is 2. The third-order valence-electron chi connectivity index (χ3n) is 16.4. The summed E-state index contributed by atoms with van der Waals surface area (Å²) in [6, 6.07) is -0.539. The van der Waals surface area contributed by atoms with Gasteiger partial charge in [-0.2, -0.15) is 0 Å². The Balaban J connectivity index is 3.33. The fourth-order valence-corrected chi connectivity index (χ4v) is 11.2. The monoisotopic (exact) mass is 1050 g/mol. The second-order valence-electron chi connectivity index (χ2n) is 23.9. The van der Waals surface area contributed by atoms with Crippen LogP contribution in [0.4, 0.5) is 0 Å². The molecule has 74 heavy (non-hydrogen) atoms. The number of unbranched alkanes of at least 4 members (excludes halogenated alkanes) is 54. The highest BCUT2D eigenvalue weighted by Crippen LogP contribution is 2.19. The zero-order valence-corrected chi connectivity index (χ0v) is 50.6. The first-order valence-electron chi connectivity index (χ1n) is 34.3. The molecule has 0 aliphatic heterocycles. The van der Waals surface area contributed by atoms with Crippen LogP contribution in [0.2, 0.25) is 0 Å². The molecule has 6 heteroatoms. The van der Waals surface area contributed by atoms with Crippen molar-refractivity contribution in [2.45, 2.75) is 411 Å². The highest BCUT2D eigenvalue weighted by molar-refractivity contribution is 5.76. The average Bonchev–Trinajstić information content (AvgIpc) is 3.40. The molecule has 0 saturated heterocycles. The SMILES string of the molecule is CCCCCCCCCCCCCCCCCCC(=O)OCCCCCCCCCCCCCCCCCCCCCCCCCCCC(=O)NC(CO)C(O)CCCCCCCCCCCCCCCCCC. The van der Waals surface area contributed by atoms with Crippen molar-refractivity contribution in [1.29, 1.82) is 0 Å². The quantitative estimate of drug-likeness (QED) is 0.0417. The second-order valence-corrected chi connectivity index (χ2v) is 23.9. The van der Waals surface area contributed by atoms with E-state index < -0.39 is 12.1 Å². The number of aliphatic hydroxyl groups is 2. The molecule has 0 aromatic rings. The fraction of sp³-hybridized carbons (Fsp3) is 0.971. The summed E-state index contributed by atoms with van der Waals surface area (Å²) in [6.07, 6.45) is 77.1. The molecular formula is C68H135NO5. The summed E-state index contributed by atoms with van der Waals surface area (Å²) in [7, 11) is 0. The van der Waals surface area contributed by atoms with Crippen LogP contribution in [0.3, 0.4) is 0 Å². The van der Waals surface area contributed by atoms with E-state index in [2.05, 4.69) is 19.2 Å². The van der Waals surface area contributed by atoms with E-state index in [1.54, 1.807) is 0 Å². The number of aliphatic hydroxyl groups excluding tert-OH is 2. The summed E-state index contributed by atoms with van der Waals surface area (Å²) in [6.45, 7) is 5.00. The number of ether oxygens (including phenoxy) is 1. The topological polar surface area (TPSA) is 95.9 Å². The molecule has 0 saturated carbocycles. The lowest BCUT2D eigenvalue weighted by Crippen LogP contribution is -2.45. The number of carbonyl (C=O) groups is 2. The van der Waals surface area contributed by atoms with Gasteiger partial charge in [-0.25, -0.2) is 0 Å². The third kappa shape index (κ3) is 60.1. The Morgan fingerprint density at radius 1 is 0.324 bits per heavy atom. The number of rotatable bonds is 65. The largest absolute Gasteiger partial charge is 0.466 e. The first-order valence-corrected chi connectivity index (χ1v) is 34.3. The number of amides is 1. The van der Waals surface area contributed by atoms with Crippen LogP contribution in [0.1, 0.15) is 399 Å². The van der Waals surface area contributed by atoms with Gasteiger partial charge in [0.25, 0.3) is 0 Å². The molecular weight excluding hydrogens is 911 g/mol. The predicted octanol–water partition coefficient (Wildman–Crippen LogP) is 21.8. The molecule has 1 amide bonds. The minimum absolute atomic E-state index is 0.0211. The molecule has 0 aliphatic rings. The number of hydrogen-bond donors (Lipinski definition) is 3. The van der Waals surface area contributed by atoms with Crippen LogP contribution in [0.5, 0.6) is 0 Å². The van der Waals surface area contributed by atoms with Crippen molar-refractivity contribution in [3.8, 4) is 0 Å². The lowest BCUT2D eigenvalue weighted by atomic mass is 10.0.